The van der Waals surface area contributed by atoms with Gasteiger partial charge in [-0.2, -0.15) is 0 Å². The molecule has 0 atom stereocenters. The molecule has 0 saturated heterocycles. The normalized spacial score (nSPS) is 10.0. The summed E-state index contributed by atoms with van der Waals surface area (Å²) in [6.45, 7) is 11.2. The summed E-state index contributed by atoms with van der Waals surface area (Å²) in [5.74, 6) is -1.18. The summed E-state index contributed by atoms with van der Waals surface area (Å²) < 4.78 is 18.1. The average molecular weight is 224 g/mol. The molecule has 0 fully saturated rings. The van der Waals surface area contributed by atoms with E-state index in [4.69, 9.17) is 4.74 Å². The molecule has 0 aromatic heterocycles. The van der Waals surface area contributed by atoms with E-state index in [9.17, 15) is 9.18 Å². The van der Waals surface area contributed by atoms with Gasteiger partial charge in [-0.05, 0) is 32.9 Å². The number of hydrogen-bond acceptors (Lipinski definition) is 2. The molecule has 0 aliphatic carbocycles. The van der Waals surface area contributed by atoms with Crippen molar-refractivity contribution in [3.63, 3.8) is 0 Å². The smallest absolute Gasteiger partial charge is 0.341 e. The highest BCUT2D eigenvalue weighted by Gasteiger charge is 2.19. The Morgan fingerprint density at radius 1 is 1.25 bits per heavy atom. The maximum Gasteiger partial charge on any atom is 0.341 e. The quantitative estimate of drug-likeness (QED) is 0.538. The molecule has 0 N–H and O–H groups in total. The molecule has 0 heterocycles. The van der Waals surface area contributed by atoms with E-state index < -0.39 is 17.4 Å². The van der Waals surface area contributed by atoms with Crippen molar-refractivity contribution in [1.82, 2.24) is 0 Å². The first-order chi connectivity index (χ1) is 7.40. The summed E-state index contributed by atoms with van der Waals surface area (Å²) in [6, 6.07) is 5.77. The minimum Gasteiger partial charge on any atom is -0.456 e. The maximum atomic E-state index is 13.1. The average Bonchev–Trinajstić information content (AvgIpc) is 2.18. The number of ether oxygens (including phenoxy) is 1. The van der Waals surface area contributed by atoms with Crippen LogP contribution in [0.5, 0.6) is 0 Å². The molecule has 0 unspecified atom stereocenters. The van der Waals surface area contributed by atoms with Crippen LogP contribution in [0.4, 0.5) is 4.39 Å². The van der Waals surface area contributed by atoms with E-state index in [0.29, 0.717) is 0 Å². The van der Waals surface area contributed by atoms with Crippen LogP contribution in [-0.2, 0) is 4.74 Å². The van der Waals surface area contributed by atoms with Crippen LogP contribution in [0.3, 0.4) is 0 Å². The van der Waals surface area contributed by atoms with Crippen molar-refractivity contribution in [3.05, 3.63) is 48.8 Å². The van der Waals surface area contributed by atoms with E-state index in [0.717, 1.165) is 0 Å². The van der Waals surface area contributed by atoms with E-state index in [1.54, 1.807) is 26.8 Å². The number of carbonyl (C=O) groups is 1. The second kappa shape index (κ2) is 6.05. The molecule has 0 saturated carbocycles. The SMILES string of the molecule is C=C.CC(C)(C)OC(=O)c1ccccc1F. The molecule has 0 aliphatic rings. The van der Waals surface area contributed by atoms with Crippen LogP contribution >= 0.6 is 0 Å². The Balaban J connectivity index is 0.00000106. The fourth-order valence-corrected chi connectivity index (χ4v) is 0.960. The number of carbonyl (C=O) groups excluding carboxylic acids is 1. The van der Waals surface area contributed by atoms with Crippen molar-refractivity contribution in [3.8, 4) is 0 Å². The first kappa shape index (κ1) is 14.4. The Hall–Kier alpha value is -1.64. The van der Waals surface area contributed by atoms with Gasteiger partial charge >= 0.3 is 5.97 Å². The monoisotopic (exact) mass is 224 g/mol. The van der Waals surface area contributed by atoms with Crippen LogP contribution < -0.4 is 0 Å². The van der Waals surface area contributed by atoms with Crippen LogP contribution in [0.15, 0.2) is 37.4 Å². The molecule has 0 aliphatic heterocycles. The predicted molar refractivity (Wildman–Crippen MR) is 62.8 cm³/mol. The molecular formula is C13H17FO2. The zero-order chi connectivity index (χ0) is 12.8. The maximum absolute atomic E-state index is 13.1. The van der Waals surface area contributed by atoms with Gasteiger partial charge in [-0.1, -0.05) is 12.1 Å². The van der Waals surface area contributed by atoms with Gasteiger partial charge < -0.3 is 4.74 Å². The van der Waals surface area contributed by atoms with Gasteiger partial charge in [0.05, 0.1) is 5.56 Å². The molecule has 1 aromatic carbocycles. The lowest BCUT2D eigenvalue weighted by Gasteiger charge is -2.19. The Morgan fingerprint density at radius 2 is 1.75 bits per heavy atom. The Labute approximate surface area is 95.7 Å². The van der Waals surface area contributed by atoms with E-state index in [1.165, 1.54) is 18.2 Å². The molecule has 88 valence electrons. The predicted octanol–water partition coefficient (Wildman–Crippen LogP) is 3.58. The van der Waals surface area contributed by atoms with Crippen LogP contribution in [0.25, 0.3) is 0 Å². The fraction of sp³-hybridized carbons (Fsp3) is 0.308. The van der Waals surface area contributed by atoms with Crippen molar-refractivity contribution in [2.24, 2.45) is 0 Å². The molecule has 0 amide bonds. The topological polar surface area (TPSA) is 26.3 Å². The summed E-state index contributed by atoms with van der Waals surface area (Å²) in [5, 5.41) is 0. The zero-order valence-corrected chi connectivity index (χ0v) is 9.92. The highest BCUT2D eigenvalue weighted by molar-refractivity contribution is 5.89. The third kappa shape index (κ3) is 4.73. The minimum atomic E-state index is -0.629. The minimum absolute atomic E-state index is 0.0255. The summed E-state index contributed by atoms with van der Waals surface area (Å²) in [4.78, 5) is 11.4. The van der Waals surface area contributed by atoms with E-state index >= 15 is 0 Å². The van der Waals surface area contributed by atoms with Crippen molar-refractivity contribution >= 4 is 5.97 Å². The highest BCUT2D eigenvalue weighted by atomic mass is 19.1. The Bertz CT molecular complexity index is 353. The lowest BCUT2D eigenvalue weighted by atomic mass is 10.1. The Morgan fingerprint density at radius 3 is 2.19 bits per heavy atom. The first-order valence-corrected chi connectivity index (χ1v) is 4.88. The number of rotatable bonds is 1. The highest BCUT2D eigenvalue weighted by Crippen LogP contribution is 2.14. The molecule has 1 aromatic rings. The first-order valence-electron chi connectivity index (χ1n) is 4.88. The molecule has 0 radical (unpaired) electrons. The second-order valence-electron chi connectivity index (χ2n) is 3.98. The van der Waals surface area contributed by atoms with E-state index in [1.807, 2.05) is 0 Å². The van der Waals surface area contributed by atoms with Crippen LogP contribution in [0.2, 0.25) is 0 Å². The van der Waals surface area contributed by atoms with Gasteiger partial charge in [-0.3, -0.25) is 0 Å². The molecule has 16 heavy (non-hydrogen) atoms. The largest absolute Gasteiger partial charge is 0.456 e. The molecular weight excluding hydrogens is 207 g/mol. The van der Waals surface area contributed by atoms with Gasteiger partial charge in [0.1, 0.15) is 11.4 Å². The van der Waals surface area contributed by atoms with Crippen LogP contribution in [0.1, 0.15) is 31.1 Å². The number of esters is 1. The third-order valence-electron chi connectivity index (χ3n) is 1.49. The van der Waals surface area contributed by atoms with Crippen molar-refractivity contribution < 1.29 is 13.9 Å². The van der Waals surface area contributed by atoms with Gasteiger partial charge in [0, 0.05) is 0 Å². The second-order valence-corrected chi connectivity index (χ2v) is 3.98. The summed E-state index contributed by atoms with van der Waals surface area (Å²) in [6.07, 6.45) is 0. The number of halogens is 1. The van der Waals surface area contributed by atoms with Gasteiger partial charge in [-0.15, -0.1) is 13.2 Å². The van der Waals surface area contributed by atoms with Gasteiger partial charge in [-0.25, -0.2) is 9.18 Å². The number of benzene rings is 1. The standard InChI is InChI=1S/C11H13FO2.C2H4/c1-11(2,3)14-10(13)8-6-4-5-7-9(8)12;1-2/h4-7H,1-3H3;1-2H2. The van der Waals surface area contributed by atoms with E-state index in [-0.39, 0.29) is 5.56 Å². The Kier molecular flexibility index (Phi) is 5.43. The van der Waals surface area contributed by atoms with Crippen LogP contribution in [-0.4, -0.2) is 11.6 Å². The van der Waals surface area contributed by atoms with Gasteiger partial charge in [0.25, 0.3) is 0 Å². The summed E-state index contributed by atoms with van der Waals surface area (Å²) in [7, 11) is 0. The molecule has 2 nitrogen and oxygen atoms in total. The summed E-state index contributed by atoms with van der Waals surface area (Å²) >= 11 is 0. The fourth-order valence-electron chi connectivity index (χ4n) is 0.960. The van der Waals surface area contributed by atoms with E-state index in [2.05, 4.69) is 13.2 Å². The van der Waals surface area contributed by atoms with Crippen molar-refractivity contribution in [2.75, 3.05) is 0 Å². The summed E-state index contributed by atoms with van der Waals surface area (Å²) in [5.41, 5.74) is -0.623. The number of hydrogen-bond donors (Lipinski definition) is 0. The van der Waals surface area contributed by atoms with Gasteiger partial charge in [0.2, 0.25) is 0 Å². The molecule has 3 heteroatoms. The zero-order valence-electron chi connectivity index (χ0n) is 9.92. The lowest BCUT2D eigenvalue weighted by molar-refractivity contribution is 0.00647. The van der Waals surface area contributed by atoms with Crippen molar-refractivity contribution in [1.29, 1.82) is 0 Å². The van der Waals surface area contributed by atoms with Gasteiger partial charge in [0.15, 0.2) is 0 Å². The molecule has 0 spiro atoms. The van der Waals surface area contributed by atoms with Crippen LogP contribution in [0, 0.1) is 5.82 Å². The lowest BCUT2D eigenvalue weighted by Crippen LogP contribution is -2.24. The third-order valence-corrected chi connectivity index (χ3v) is 1.49. The van der Waals surface area contributed by atoms with Crippen molar-refractivity contribution in [2.45, 2.75) is 26.4 Å². The molecule has 0 bridgehead atoms. The molecule has 1 rings (SSSR count).